The van der Waals surface area contributed by atoms with Gasteiger partial charge in [-0.1, -0.05) is 17.7 Å². The first-order valence-corrected chi connectivity index (χ1v) is 8.66. The predicted octanol–water partition coefficient (Wildman–Crippen LogP) is 3.19. The van der Waals surface area contributed by atoms with E-state index in [0.29, 0.717) is 30.7 Å². The van der Waals surface area contributed by atoms with Gasteiger partial charge in [0, 0.05) is 25.4 Å². The van der Waals surface area contributed by atoms with E-state index in [9.17, 15) is 8.78 Å². The molecule has 0 fully saturated rings. The molecule has 8 heteroatoms. The van der Waals surface area contributed by atoms with Crippen molar-refractivity contribution in [1.82, 2.24) is 15.6 Å². The van der Waals surface area contributed by atoms with Gasteiger partial charge >= 0.3 is 0 Å². The number of guanidine groups is 1. The molecule has 0 radical (unpaired) electrons. The Morgan fingerprint density at radius 1 is 1.23 bits per heavy atom. The monoisotopic (exact) mass is 382 g/mol. The summed E-state index contributed by atoms with van der Waals surface area (Å²) in [6.45, 7) is 3.89. The summed E-state index contributed by atoms with van der Waals surface area (Å²) in [5.74, 6) is -0.699. The van der Waals surface area contributed by atoms with Gasteiger partial charge in [0.05, 0.1) is 6.54 Å². The zero-order valence-electron chi connectivity index (χ0n) is 14.4. The van der Waals surface area contributed by atoms with Crippen molar-refractivity contribution in [2.24, 2.45) is 4.99 Å². The first kappa shape index (κ1) is 19.9. The number of nitrogens with one attached hydrogen (secondary N) is 2. The van der Waals surface area contributed by atoms with Gasteiger partial charge in [-0.25, -0.2) is 13.8 Å². The number of halogens is 3. The van der Waals surface area contributed by atoms with Crippen molar-refractivity contribution in [2.45, 2.75) is 13.3 Å². The quantitative estimate of drug-likeness (QED) is 0.318. The van der Waals surface area contributed by atoms with E-state index in [1.807, 2.05) is 13.0 Å². The molecule has 0 amide bonds. The lowest BCUT2D eigenvalue weighted by molar-refractivity contribution is 0.304. The van der Waals surface area contributed by atoms with E-state index in [1.54, 1.807) is 12.3 Å². The van der Waals surface area contributed by atoms with E-state index in [-0.39, 0.29) is 12.4 Å². The van der Waals surface area contributed by atoms with Crippen LogP contribution in [0.3, 0.4) is 0 Å². The van der Waals surface area contributed by atoms with Crippen LogP contribution in [0.4, 0.5) is 8.78 Å². The van der Waals surface area contributed by atoms with Crippen LogP contribution >= 0.6 is 11.6 Å². The highest BCUT2D eigenvalue weighted by atomic mass is 35.5. The summed E-state index contributed by atoms with van der Waals surface area (Å²) in [6, 6.07) is 6.87. The van der Waals surface area contributed by atoms with E-state index in [1.165, 1.54) is 6.07 Å². The molecule has 2 aromatic rings. The zero-order valence-corrected chi connectivity index (χ0v) is 15.2. The molecule has 0 saturated carbocycles. The molecule has 2 N–H and O–H groups in total. The molecule has 1 aromatic heterocycles. The number of ether oxygens (including phenoxy) is 1. The van der Waals surface area contributed by atoms with Crippen LogP contribution in [0, 0.1) is 11.6 Å². The molecule has 0 aliphatic carbocycles. The molecule has 2 rings (SSSR count). The number of aromatic nitrogens is 1. The van der Waals surface area contributed by atoms with Crippen molar-refractivity contribution in [3.63, 3.8) is 0 Å². The van der Waals surface area contributed by atoms with E-state index >= 15 is 0 Å². The standard InChI is InChI=1S/C18H21ClF2N4O/c1-2-22-18(23-8-7-13-3-6-17(19)25-12-13)24-9-10-26-16-5-4-14(20)11-15(16)21/h3-6,11-12H,2,7-10H2,1H3,(H2,22,23,24). The Morgan fingerprint density at radius 2 is 2.08 bits per heavy atom. The third-order valence-electron chi connectivity index (χ3n) is 3.35. The summed E-state index contributed by atoms with van der Waals surface area (Å²) in [7, 11) is 0. The van der Waals surface area contributed by atoms with E-state index in [0.717, 1.165) is 24.1 Å². The normalized spacial score (nSPS) is 11.3. The third kappa shape index (κ3) is 6.84. The van der Waals surface area contributed by atoms with Crippen molar-refractivity contribution in [3.8, 4) is 5.75 Å². The zero-order chi connectivity index (χ0) is 18.8. The highest BCUT2D eigenvalue weighted by Crippen LogP contribution is 2.17. The summed E-state index contributed by atoms with van der Waals surface area (Å²) in [5.41, 5.74) is 1.05. The Labute approximate surface area is 156 Å². The van der Waals surface area contributed by atoms with Crippen LogP contribution < -0.4 is 15.4 Å². The molecule has 0 bridgehead atoms. The number of benzene rings is 1. The third-order valence-corrected chi connectivity index (χ3v) is 3.57. The van der Waals surface area contributed by atoms with Gasteiger partial charge in [-0.05, 0) is 37.1 Å². The van der Waals surface area contributed by atoms with Gasteiger partial charge in [0.1, 0.15) is 17.6 Å². The topological polar surface area (TPSA) is 58.5 Å². The maximum Gasteiger partial charge on any atom is 0.191 e. The predicted molar refractivity (Wildman–Crippen MR) is 98.8 cm³/mol. The first-order valence-electron chi connectivity index (χ1n) is 8.29. The maximum atomic E-state index is 13.5. The molecule has 0 aliphatic rings. The minimum absolute atomic E-state index is 0.0189. The van der Waals surface area contributed by atoms with E-state index in [4.69, 9.17) is 16.3 Å². The van der Waals surface area contributed by atoms with Crippen molar-refractivity contribution in [1.29, 1.82) is 0 Å². The van der Waals surface area contributed by atoms with Crippen LogP contribution in [-0.2, 0) is 6.42 Å². The molecule has 140 valence electrons. The average molecular weight is 383 g/mol. The van der Waals surface area contributed by atoms with Crippen molar-refractivity contribution in [2.75, 3.05) is 26.2 Å². The summed E-state index contributed by atoms with van der Waals surface area (Å²) < 4.78 is 31.6. The van der Waals surface area contributed by atoms with Crippen LogP contribution in [0.15, 0.2) is 41.5 Å². The van der Waals surface area contributed by atoms with Gasteiger partial charge in [-0.2, -0.15) is 0 Å². The fraction of sp³-hybridized carbons (Fsp3) is 0.333. The molecule has 0 aliphatic heterocycles. The van der Waals surface area contributed by atoms with E-state index < -0.39 is 11.6 Å². The summed E-state index contributed by atoms with van der Waals surface area (Å²) >= 11 is 5.76. The van der Waals surface area contributed by atoms with Crippen LogP contribution in [0.5, 0.6) is 5.75 Å². The number of nitrogens with zero attached hydrogens (tertiary/aromatic N) is 2. The molecular weight excluding hydrogens is 362 g/mol. The largest absolute Gasteiger partial charge is 0.489 e. The Balaban J connectivity index is 1.76. The molecule has 0 spiro atoms. The number of hydrogen-bond acceptors (Lipinski definition) is 3. The van der Waals surface area contributed by atoms with Gasteiger partial charge < -0.3 is 15.4 Å². The maximum absolute atomic E-state index is 13.5. The Kier molecular flexibility index (Phi) is 8.08. The van der Waals surface area contributed by atoms with Crippen LogP contribution in [0.25, 0.3) is 0 Å². The van der Waals surface area contributed by atoms with Gasteiger partial charge in [-0.15, -0.1) is 0 Å². The Hall–Kier alpha value is -2.41. The second-order valence-electron chi connectivity index (χ2n) is 5.35. The number of rotatable bonds is 8. The van der Waals surface area contributed by atoms with Crippen LogP contribution in [0.1, 0.15) is 12.5 Å². The molecule has 1 heterocycles. The number of pyridine rings is 1. The second-order valence-corrected chi connectivity index (χ2v) is 5.74. The Bertz CT molecular complexity index is 726. The molecule has 26 heavy (non-hydrogen) atoms. The molecular formula is C18H21ClF2N4O. The lowest BCUT2D eigenvalue weighted by Gasteiger charge is -2.12. The Morgan fingerprint density at radius 3 is 2.77 bits per heavy atom. The molecule has 0 unspecified atom stereocenters. The average Bonchev–Trinajstić information content (AvgIpc) is 2.62. The SMILES string of the molecule is CCNC(=NCCc1ccc(Cl)nc1)NCCOc1ccc(F)cc1F. The lowest BCUT2D eigenvalue weighted by atomic mass is 10.2. The number of aliphatic imine (C=N–C) groups is 1. The van der Waals surface area contributed by atoms with E-state index in [2.05, 4.69) is 20.6 Å². The summed E-state index contributed by atoms with van der Waals surface area (Å²) in [6.07, 6.45) is 2.46. The van der Waals surface area contributed by atoms with Gasteiger partial charge in [0.15, 0.2) is 17.5 Å². The molecule has 5 nitrogen and oxygen atoms in total. The van der Waals surface area contributed by atoms with Gasteiger partial charge in [-0.3, -0.25) is 4.99 Å². The number of hydrogen-bond donors (Lipinski definition) is 2. The van der Waals surface area contributed by atoms with Crippen LogP contribution in [-0.4, -0.2) is 37.2 Å². The first-order chi connectivity index (χ1) is 12.6. The summed E-state index contributed by atoms with van der Waals surface area (Å²) in [4.78, 5) is 8.49. The molecule has 0 saturated heterocycles. The molecule has 0 atom stereocenters. The smallest absolute Gasteiger partial charge is 0.191 e. The van der Waals surface area contributed by atoms with Crippen molar-refractivity contribution < 1.29 is 13.5 Å². The fourth-order valence-electron chi connectivity index (χ4n) is 2.12. The lowest BCUT2D eigenvalue weighted by Crippen LogP contribution is -2.39. The van der Waals surface area contributed by atoms with Gasteiger partial charge in [0.2, 0.25) is 0 Å². The minimum Gasteiger partial charge on any atom is -0.489 e. The fourth-order valence-corrected chi connectivity index (χ4v) is 2.23. The highest BCUT2D eigenvalue weighted by Gasteiger charge is 2.05. The summed E-state index contributed by atoms with van der Waals surface area (Å²) in [5, 5.41) is 6.68. The van der Waals surface area contributed by atoms with Gasteiger partial charge in [0.25, 0.3) is 0 Å². The minimum atomic E-state index is -0.720. The van der Waals surface area contributed by atoms with Crippen molar-refractivity contribution in [3.05, 3.63) is 58.9 Å². The van der Waals surface area contributed by atoms with Crippen LogP contribution in [0.2, 0.25) is 5.15 Å². The highest BCUT2D eigenvalue weighted by molar-refractivity contribution is 6.29. The molecule has 1 aromatic carbocycles. The second kappa shape index (κ2) is 10.6. The van der Waals surface area contributed by atoms with Crippen molar-refractivity contribution >= 4 is 17.6 Å².